The summed E-state index contributed by atoms with van der Waals surface area (Å²) in [6.07, 6.45) is 0.907. The van der Waals surface area contributed by atoms with Gasteiger partial charge in [-0.3, -0.25) is 19.7 Å². The third kappa shape index (κ3) is 5.80. The molecule has 2 amide bonds. The Kier molecular flexibility index (Phi) is 7.50. The minimum absolute atomic E-state index is 0.0442. The van der Waals surface area contributed by atoms with Crippen molar-refractivity contribution in [2.75, 3.05) is 30.8 Å². The Hall–Kier alpha value is -3.42. The summed E-state index contributed by atoms with van der Waals surface area (Å²) in [5.74, 6) is -0.506. The average Bonchev–Trinajstić information content (AvgIpc) is 2.68. The maximum atomic E-state index is 12.2. The highest BCUT2D eigenvalue weighted by Gasteiger charge is 2.15. The van der Waals surface area contributed by atoms with Gasteiger partial charge in [0.05, 0.1) is 11.5 Å². The summed E-state index contributed by atoms with van der Waals surface area (Å²) < 4.78 is 0. The molecule has 2 aromatic rings. The number of nitro benzene ring substituents is 1. The number of para-hydroxylation sites is 3. The first-order valence-corrected chi connectivity index (χ1v) is 9.01. The van der Waals surface area contributed by atoms with Crippen molar-refractivity contribution >= 4 is 28.9 Å². The number of nitrogens with one attached hydrogen (secondary N) is 2. The maximum absolute atomic E-state index is 12.2. The molecule has 0 radical (unpaired) electrons. The summed E-state index contributed by atoms with van der Waals surface area (Å²) in [7, 11) is 1.55. The lowest BCUT2D eigenvalue weighted by Gasteiger charge is -2.18. The van der Waals surface area contributed by atoms with Crippen LogP contribution in [0.1, 0.15) is 18.9 Å². The predicted octanol–water partition coefficient (Wildman–Crippen LogP) is 3.06. The molecule has 0 atom stereocenters. The molecule has 0 heterocycles. The van der Waals surface area contributed by atoms with Gasteiger partial charge in [-0.2, -0.15) is 0 Å². The van der Waals surface area contributed by atoms with Crippen LogP contribution in [-0.2, 0) is 16.0 Å². The Morgan fingerprint density at radius 1 is 1.07 bits per heavy atom. The number of amides is 2. The number of rotatable bonds is 9. The second-order valence-electron chi connectivity index (χ2n) is 6.26. The number of carbonyl (C=O) groups excluding carboxylic acids is 2. The second-order valence-corrected chi connectivity index (χ2v) is 6.26. The van der Waals surface area contributed by atoms with Crippen molar-refractivity contribution < 1.29 is 14.5 Å². The van der Waals surface area contributed by atoms with Crippen molar-refractivity contribution in [3.63, 3.8) is 0 Å². The molecular weight excluding hydrogens is 360 g/mol. The standard InChI is InChI=1S/C20H24N4O4/c1-3-15-8-4-5-9-16(15)22-19(25)14-23(2)20(26)12-13-21-17-10-6-7-11-18(17)24(27)28/h4-11,21H,3,12-14H2,1-2H3,(H,22,25). The van der Waals surface area contributed by atoms with E-state index in [4.69, 9.17) is 0 Å². The summed E-state index contributed by atoms with van der Waals surface area (Å²) in [6.45, 7) is 2.17. The number of hydrogen-bond donors (Lipinski definition) is 2. The number of anilines is 2. The minimum Gasteiger partial charge on any atom is -0.379 e. The molecule has 0 saturated heterocycles. The molecule has 0 spiro atoms. The van der Waals surface area contributed by atoms with E-state index in [0.29, 0.717) is 5.69 Å². The molecule has 0 saturated carbocycles. The summed E-state index contributed by atoms with van der Waals surface area (Å²) in [5, 5.41) is 16.7. The van der Waals surface area contributed by atoms with E-state index in [-0.39, 0.29) is 37.0 Å². The van der Waals surface area contributed by atoms with Crippen LogP contribution >= 0.6 is 0 Å². The van der Waals surface area contributed by atoms with E-state index >= 15 is 0 Å². The van der Waals surface area contributed by atoms with Crippen LogP contribution in [0.2, 0.25) is 0 Å². The first-order valence-electron chi connectivity index (χ1n) is 9.01. The fourth-order valence-corrected chi connectivity index (χ4v) is 2.72. The predicted molar refractivity (Wildman–Crippen MR) is 108 cm³/mol. The van der Waals surface area contributed by atoms with Crippen LogP contribution in [0.5, 0.6) is 0 Å². The zero-order valence-electron chi connectivity index (χ0n) is 16.0. The molecule has 0 fully saturated rings. The van der Waals surface area contributed by atoms with Gasteiger partial charge in [0.15, 0.2) is 0 Å². The summed E-state index contributed by atoms with van der Waals surface area (Å²) in [4.78, 5) is 36.3. The van der Waals surface area contributed by atoms with E-state index < -0.39 is 4.92 Å². The molecule has 0 bridgehead atoms. The van der Waals surface area contributed by atoms with Gasteiger partial charge in [0.1, 0.15) is 5.69 Å². The Morgan fingerprint density at radius 3 is 2.39 bits per heavy atom. The second kappa shape index (κ2) is 10.1. The van der Waals surface area contributed by atoms with Crippen LogP contribution in [0.4, 0.5) is 17.1 Å². The minimum atomic E-state index is -0.477. The van der Waals surface area contributed by atoms with E-state index in [2.05, 4.69) is 10.6 Å². The third-order valence-electron chi connectivity index (χ3n) is 4.23. The highest BCUT2D eigenvalue weighted by atomic mass is 16.6. The fraction of sp³-hybridized carbons (Fsp3) is 0.300. The van der Waals surface area contributed by atoms with Gasteiger partial charge in [0.25, 0.3) is 5.69 Å². The molecule has 0 aromatic heterocycles. The van der Waals surface area contributed by atoms with Crippen molar-refractivity contribution in [2.45, 2.75) is 19.8 Å². The molecule has 0 aliphatic carbocycles. The van der Waals surface area contributed by atoms with E-state index in [0.717, 1.165) is 17.7 Å². The molecule has 148 valence electrons. The van der Waals surface area contributed by atoms with Crippen LogP contribution in [0.25, 0.3) is 0 Å². The van der Waals surface area contributed by atoms with E-state index in [1.807, 2.05) is 31.2 Å². The van der Waals surface area contributed by atoms with E-state index in [1.54, 1.807) is 25.2 Å². The van der Waals surface area contributed by atoms with E-state index in [9.17, 15) is 19.7 Å². The molecule has 2 N–H and O–H groups in total. The van der Waals surface area contributed by atoms with Gasteiger partial charge >= 0.3 is 0 Å². The first-order chi connectivity index (χ1) is 13.4. The molecule has 2 rings (SSSR count). The molecule has 8 heteroatoms. The lowest BCUT2D eigenvalue weighted by molar-refractivity contribution is -0.384. The Balaban J connectivity index is 1.83. The van der Waals surface area contributed by atoms with Gasteiger partial charge < -0.3 is 15.5 Å². The number of nitro groups is 1. The topological polar surface area (TPSA) is 105 Å². The lowest BCUT2D eigenvalue weighted by Crippen LogP contribution is -2.35. The highest BCUT2D eigenvalue weighted by molar-refractivity contribution is 5.95. The van der Waals surface area contributed by atoms with Gasteiger partial charge in [-0.25, -0.2) is 0 Å². The van der Waals surface area contributed by atoms with Crippen molar-refractivity contribution in [2.24, 2.45) is 0 Å². The summed E-state index contributed by atoms with van der Waals surface area (Å²) in [5.41, 5.74) is 2.08. The number of likely N-dealkylation sites (N-methyl/N-ethyl adjacent to an activating group) is 1. The monoisotopic (exact) mass is 384 g/mol. The molecule has 0 aliphatic heterocycles. The Morgan fingerprint density at radius 2 is 1.71 bits per heavy atom. The van der Waals surface area contributed by atoms with Crippen molar-refractivity contribution in [1.29, 1.82) is 0 Å². The molecular formula is C20H24N4O4. The lowest BCUT2D eigenvalue weighted by atomic mass is 10.1. The van der Waals surface area contributed by atoms with Crippen LogP contribution in [0.15, 0.2) is 48.5 Å². The smallest absolute Gasteiger partial charge is 0.292 e. The Bertz CT molecular complexity index is 854. The zero-order chi connectivity index (χ0) is 20.5. The zero-order valence-corrected chi connectivity index (χ0v) is 16.0. The summed E-state index contributed by atoms with van der Waals surface area (Å²) in [6, 6.07) is 13.8. The number of benzene rings is 2. The van der Waals surface area contributed by atoms with Gasteiger partial charge in [-0.1, -0.05) is 37.3 Å². The number of carbonyl (C=O) groups is 2. The van der Waals surface area contributed by atoms with Crippen LogP contribution in [-0.4, -0.2) is 41.8 Å². The highest BCUT2D eigenvalue weighted by Crippen LogP contribution is 2.23. The number of nitrogens with zero attached hydrogens (tertiary/aromatic N) is 2. The molecule has 28 heavy (non-hydrogen) atoms. The molecule has 2 aromatic carbocycles. The van der Waals surface area contributed by atoms with Gasteiger partial charge in [-0.15, -0.1) is 0 Å². The van der Waals surface area contributed by atoms with Crippen LogP contribution < -0.4 is 10.6 Å². The van der Waals surface area contributed by atoms with Gasteiger partial charge in [0, 0.05) is 31.8 Å². The molecule has 0 aliphatic rings. The van der Waals surface area contributed by atoms with Gasteiger partial charge in [-0.05, 0) is 24.1 Å². The van der Waals surface area contributed by atoms with E-state index in [1.165, 1.54) is 11.0 Å². The number of aryl methyl sites for hydroxylation is 1. The Labute approximate surface area is 163 Å². The number of hydrogen-bond acceptors (Lipinski definition) is 5. The quantitative estimate of drug-likeness (QED) is 0.511. The van der Waals surface area contributed by atoms with Crippen molar-refractivity contribution in [3.05, 3.63) is 64.2 Å². The SMILES string of the molecule is CCc1ccccc1NC(=O)CN(C)C(=O)CCNc1ccccc1[N+](=O)[O-]. The third-order valence-corrected chi connectivity index (χ3v) is 4.23. The largest absolute Gasteiger partial charge is 0.379 e. The molecule has 8 nitrogen and oxygen atoms in total. The summed E-state index contributed by atoms with van der Waals surface area (Å²) >= 11 is 0. The maximum Gasteiger partial charge on any atom is 0.292 e. The average molecular weight is 384 g/mol. The van der Waals surface area contributed by atoms with Crippen LogP contribution in [0.3, 0.4) is 0 Å². The van der Waals surface area contributed by atoms with Crippen molar-refractivity contribution in [3.8, 4) is 0 Å². The fourth-order valence-electron chi connectivity index (χ4n) is 2.72. The normalized spacial score (nSPS) is 10.2. The van der Waals surface area contributed by atoms with Crippen LogP contribution in [0, 0.1) is 10.1 Å². The van der Waals surface area contributed by atoms with Gasteiger partial charge in [0.2, 0.25) is 11.8 Å². The molecule has 0 unspecified atom stereocenters. The first kappa shape index (κ1) is 20.9. The van der Waals surface area contributed by atoms with Crippen molar-refractivity contribution in [1.82, 2.24) is 4.90 Å².